The van der Waals surface area contributed by atoms with Crippen LogP contribution in [0.3, 0.4) is 0 Å². The minimum atomic E-state index is 0.0585. The molecule has 2 heterocycles. The Morgan fingerprint density at radius 1 is 1.36 bits per heavy atom. The van der Waals surface area contributed by atoms with Crippen LogP contribution in [0.1, 0.15) is 29.4 Å². The van der Waals surface area contributed by atoms with Gasteiger partial charge in [-0.15, -0.1) is 0 Å². The topological polar surface area (TPSA) is 64.2 Å². The van der Waals surface area contributed by atoms with Crippen molar-refractivity contribution in [2.75, 3.05) is 13.1 Å². The molecule has 116 valence electrons. The molecule has 1 amide bonds. The van der Waals surface area contributed by atoms with E-state index in [2.05, 4.69) is 12.0 Å². The summed E-state index contributed by atoms with van der Waals surface area (Å²) in [5.74, 6) is 0.464. The summed E-state index contributed by atoms with van der Waals surface area (Å²) in [6.07, 6.45) is 2.81. The molecular formula is C17H22N4O. The molecule has 0 bridgehead atoms. The Bertz CT molecular complexity index is 665. The number of aryl methyl sites for hydroxylation is 1. The van der Waals surface area contributed by atoms with Crippen LogP contribution in [0.2, 0.25) is 0 Å². The number of carbonyl (C=O) groups is 1. The first-order chi connectivity index (χ1) is 10.6. The number of para-hydroxylation sites is 1. The third-order valence-corrected chi connectivity index (χ3v) is 4.41. The molecule has 1 aliphatic heterocycles. The predicted octanol–water partition coefficient (Wildman–Crippen LogP) is 1.99. The highest BCUT2D eigenvalue weighted by molar-refractivity contribution is 5.95. The lowest BCUT2D eigenvalue weighted by molar-refractivity contribution is 0.0742. The molecule has 1 aromatic carbocycles. The van der Waals surface area contributed by atoms with Crippen molar-refractivity contribution in [3.05, 3.63) is 47.8 Å². The maximum absolute atomic E-state index is 12.8. The summed E-state index contributed by atoms with van der Waals surface area (Å²) in [4.78, 5) is 14.7. The zero-order valence-corrected chi connectivity index (χ0v) is 13.1. The molecular weight excluding hydrogens is 276 g/mol. The minimum absolute atomic E-state index is 0.0585. The Hall–Kier alpha value is -2.14. The zero-order chi connectivity index (χ0) is 15.7. The summed E-state index contributed by atoms with van der Waals surface area (Å²) in [6, 6.07) is 10.1. The van der Waals surface area contributed by atoms with Gasteiger partial charge in [-0.25, -0.2) is 4.68 Å². The standard InChI is InChI=1S/C17H22N4O/c1-12-8-14(9-18)10-20(12)17(22)16-11-21(19-13(16)2)15-6-4-3-5-7-15/h3-7,11-12,14H,8-10,18H2,1-2H3. The van der Waals surface area contributed by atoms with Gasteiger partial charge >= 0.3 is 0 Å². The molecule has 1 saturated heterocycles. The number of hydrogen-bond acceptors (Lipinski definition) is 3. The highest BCUT2D eigenvalue weighted by atomic mass is 16.2. The Labute approximate surface area is 130 Å². The van der Waals surface area contributed by atoms with Crippen molar-refractivity contribution in [3.8, 4) is 5.69 Å². The van der Waals surface area contributed by atoms with Gasteiger partial charge in [0.25, 0.3) is 5.91 Å². The van der Waals surface area contributed by atoms with E-state index in [0.717, 1.165) is 24.3 Å². The van der Waals surface area contributed by atoms with E-state index in [1.54, 1.807) is 4.68 Å². The summed E-state index contributed by atoms with van der Waals surface area (Å²) in [5, 5.41) is 4.48. The Kier molecular flexibility index (Phi) is 3.98. The second-order valence-electron chi connectivity index (χ2n) is 6.05. The summed E-state index contributed by atoms with van der Waals surface area (Å²) >= 11 is 0. The van der Waals surface area contributed by atoms with Gasteiger partial charge in [0.1, 0.15) is 0 Å². The van der Waals surface area contributed by atoms with Gasteiger partial charge in [-0.3, -0.25) is 4.79 Å². The summed E-state index contributed by atoms with van der Waals surface area (Å²) in [6.45, 7) is 5.35. The first-order valence-electron chi connectivity index (χ1n) is 7.73. The highest BCUT2D eigenvalue weighted by Crippen LogP contribution is 2.25. The fraction of sp³-hybridized carbons (Fsp3) is 0.412. The normalized spacial score (nSPS) is 21.3. The van der Waals surface area contributed by atoms with Crippen LogP contribution in [-0.4, -0.2) is 39.7 Å². The van der Waals surface area contributed by atoms with Crippen LogP contribution in [0.25, 0.3) is 5.69 Å². The molecule has 22 heavy (non-hydrogen) atoms. The fourth-order valence-corrected chi connectivity index (χ4v) is 3.13. The number of carbonyl (C=O) groups excluding carboxylic acids is 1. The average molecular weight is 298 g/mol. The molecule has 5 heteroatoms. The lowest BCUT2D eigenvalue weighted by Gasteiger charge is -2.21. The van der Waals surface area contributed by atoms with Gasteiger partial charge in [0.05, 0.1) is 16.9 Å². The SMILES string of the molecule is Cc1nn(-c2ccccc2)cc1C(=O)N1CC(CN)CC1C. The van der Waals surface area contributed by atoms with Gasteiger partial charge in [-0.05, 0) is 44.9 Å². The Balaban J connectivity index is 1.86. The van der Waals surface area contributed by atoms with Crippen LogP contribution in [0.15, 0.2) is 36.5 Å². The fourth-order valence-electron chi connectivity index (χ4n) is 3.13. The molecule has 5 nitrogen and oxygen atoms in total. The number of nitrogens with zero attached hydrogens (tertiary/aromatic N) is 3. The number of benzene rings is 1. The van der Waals surface area contributed by atoms with E-state index < -0.39 is 0 Å². The number of nitrogens with two attached hydrogens (primary N) is 1. The Morgan fingerprint density at radius 2 is 2.09 bits per heavy atom. The third-order valence-electron chi connectivity index (χ3n) is 4.41. The molecule has 0 spiro atoms. The number of rotatable bonds is 3. The van der Waals surface area contributed by atoms with Crippen molar-refractivity contribution < 1.29 is 4.79 Å². The lowest BCUT2D eigenvalue weighted by Crippen LogP contribution is -2.34. The van der Waals surface area contributed by atoms with Crippen LogP contribution in [-0.2, 0) is 0 Å². The highest BCUT2D eigenvalue weighted by Gasteiger charge is 2.33. The zero-order valence-electron chi connectivity index (χ0n) is 13.1. The van der Waals surface area contributed by atoms with Crippen molar-refractivity contribution >= 4 is 5.91 Å². The van der Waals surface area contributed by atoms with Crippen molar-refractivity contribution in [3.63, 3.8) is 0 Å². The third kappa shape index (κ3) is 2.64. The van der Waals surface area contributed by atoms with E-state index in [1.165, 1.54) is 0 Å². The molecule has 1 aromatic heterocycles. The molecule has 1 fully saturated rings. The second-order valence-corrected chi connectivity index (χ2v) is 6.05. The van der Waals surface area contributed by atoms with Crippen molar-refractivity contribution in [2.45, 2.75) is 26.3 Å². The van der Waals surface area contributed by atoms with E-state index >= 15 is 0 Å². The van der Waals surface area contributed by atoms with Crippen LogP contribution in [0, 0.1) is 12.8 Å². The molecule has 2 N–H and O–H groups in total. The lowest BCUT2D eigenvalue weighted by atomic mass is 10.1. The van der Waals surface area contributed by atoms with Gasteiger partial charge in [-0.1, -0.05) is 18.2 Å². The maximum atomic E-state index is 12.8. The van der Waals surface area contributed by atoms with E-state index in [1.807, 2.05) is 48.4 Å². The quantitative estimate of drug-likeness (QED) is 0.942. The molecule has 2 aromatic rings. The Morgan fingerprint density at radius 3 is 2.73 bits per heavy atom. The van der Waals surface area contributed by atoms with E-state index in [0.29, 0.717) is 18.0 Å². The minimum Gasteiger partial charge on any atom is -0.335 e. The van der Waals surface area contributed by atoms with E-state index in [4.69, 9.17) is 5.73 Å². The molecule has 3 rings (SSSR count). The second kappa shape index (κ2) is 5.93. The predicted molar refractivity (Wildman–Crippen MR) is 86.0 cm³/mol. The van der Waals surface area contributed by atoms with Crippen LogP contribution < -0.4 is 5.73 Å². The molecule has 2 unspecified atom stereocenters. The number of aromatic nitrogens is 2. The summed E-state index contributed by atoms with van der Waals surface area (Å²) < 4.78 is 1.77. The molecule has 2 atom stereocenters. The number of hydrogen-bond donors (Lipinski definition) is 1. The van der Waals surface area contributed by atoms with Gasteiger partial charge < -0.3 is 10.6 Å². The van der Waals surface area contributed by atoms with Crippen molar-refractivity contribution in [1.82, 2.24) is 14.7 Å². The van der Waals surface area contributed by atoms with Gasteiger partial charge in [0.15, 0.2) is 0 Å². The van der Waals surface area contributed by atoms with E-state index in [9.17, 15) is 4.79 Å². The monoisotopic (exact) mass is 298 g/mol. The van der Waals surface area contributed by atoms with Crippen molar-refractivity contribution in [2.24, 2.45) is 11.7 Å². The number of likely N-dealkylation sites (tertiary alicyclic amines) is 1. The number of amides is 1. The van der Waals surface area contributed by atoms with Crippen LogP contribution >= 0.6 is 0 Å². The largest absolute Gasteiger partial charge is 0.335 e. The van der Waals surface area contributed by atoms with Crippen LogP contribution in [0.5, 0.6) is 0 Å². The van der Waals surface area contributed by atoms with Crippen molar-refractivity contribution in [1.29, 1.82) is 0 Å². The molecule has 0 aliphatic carbocycles. The van der Waals surface area contributed by atoms with Gasteiger partial charge in [-0.2, -0.15) is 5.10 Å². The first kappa shape index (κ1) is 14.8. The summed E-state index contributed by atoms with van der Waals surface area (Å²) in [7, 11) is 0. The van der Waals surface area contributed by atoms with E-state index in [-0.39, 0.29) is 11.9 Å². The average Bonchev–Trinajstić information content (AvgIpc) is 3.10. The molecule has 0 saturated carbocycles. The summed E-state index contributed by atoms with van der Waals surface area (Å²) in [5.41, 5.74) is 8.15. The first-order valence-corrected chi connectivity index (χ1v) is 7.73. The maximum Gasteiger partial charge on any atom is 0.257 e. The molecule has 1 aliphatic rings. The van der Waals surface area contributed by atoms with Gasteiger partial charge in [0.2, 0.25) is 0 Å². The smallest absolute Gasteiger partial charge is 0.257 e. The van der Waals surface area contributed by atoms with Crippen LogP contribution in [0.4, 0.5) is 0 Å². The van der Waals surface area contributed by atoms with Gasteiger partial charge in [0, 0.05) is 18.8 Å². The molecule has 0 radical (unpaired) electrons.